The highest BCUT2D eigenvalue weighted by atomic mass is 32.1. The predicted octanol–water partition coefficient (Wildman–Crippen LogP) is 4.97. The lowest BCUT2D eigenvalue weighted by atomic mass is 9.77. The smallest absolute Gasteiger partial charge is 0.253 e. The normalized spacial score (nSPS) is 16.6. The molecule has 0 saturated heterocycles. The first-order chi connectivity index (χ1) is 12.2. The van der Waals surface area contributed by atoms with Gasteiger partial charge in [0.15, 0.2) is 0 Å². The first-order valence-electron chi connectivity index (χ1n) is 8.93. The molecule has 2 heterocycles. The largest absolute Gasteiger partial charge is 0.346 e. The summed E-state index contributed by atoms with van der Waals surface area (Å²) in [7, 11) is 0. The van der Waals surface area contributed by atoms with Crippen molar-refractivity contribution in [1.29, 1.82) is 0 Å². The van der Waals surface area contributed by atoms with Gasteiger partial charge < -0.3 is 5.32 Å². The summed E-state index contributed by atoms with van der Waals surface area (Å²) in [5, 5.41) is 8.69. The molecule has 3 nitrogen and oxygen atoms in total. The molecule has 4 heteroatoms. The van der Waals surface area contributed by atoms with Crippen LogP contribution in [0.2, 0.25) is 0 Å². The van der Waals surface area contributed by atoms with Crippen LogP contribution >= 0.6 is 11.3 Å². The summed E-state index contributed by atoms with van der Waals surface area (Å²) < 4.78 is 0. The molecule has 2 aromatic heterocycles. The third kappa shape index (κ3) is 3.59. The van der Waals surface area contributed by atoms with Gasteiger partial charge in [-0.3, -0.25) is 9.78 Å². The number of carbonyl (C=O) groups is 1. The molecule has 0 bridgehead atoms. The lowest BCUT2D eigenvalue weighted by Crippen LogP contribution is -2.51. The summed E-state index contributed by atoms with van der Waals surface area (Å²) in [6.07, 6.45) is 8.34. The predicted molar refractivity (Wildman–Crippen MR) is 103 cm³/mol. The van der Waals surface area contributed by atoms with Gasteiger partial charge in [-0.1, -0.05) is 37.5 Å². The van der Waals surface area contributed by atoms with Crippen LogP contribution in [0, 0.1) is 0 Å². The zero-order chi connectivity index (χ0) is 17.1. The van der Waals surface area contributed by atoms with Gasteiger partial charge in [0, 0.05) is 17.1 Å². The fraction of sp³-hybridized carbons (Fsp3) is 0.333. The maximum atomic E-state index is 12.9. The molecule has 1 aromatic carbocycles. The summed E-state index contributed by atoms with van der Waals surface area (Å²) >= 11 is 1.72. The van der Waals surface area contributed by atoms with Gasteiger partial charge in [0.25, 0.3) is 5.91 Å². The van der Waals surface area contributed by atoms with Crippen LogP contribution in [0.3, 0.4) is 0 Å². The number of hydrogen-bond acceptors (Lipinski definition) is 3. The summed E-state index contributed by atoms with van der Waals surface area (Å²) in [5.41, 5.74) is 2.77. The van der Waals surface area contributed by atoms with E-state index in [1.54, 1.807) is 17.5 Å². The van der Waals surface area contributed by atoms with E-state index < -0.39 is 0 Å². The number of thiophene rings is 1. The molecule has 3 aromatic rings. The molecular weight excluding hydrogens is 328 g/mol. The van der Waals surface area contributed by atoms with Crippen molar-refractivity contribution in [3.63, 3.8) is 0 Å². The molecule has 25 heavy (non-hydrogen) atoms. The highest BCUT2D eigenvalue weighted by Gasteiger charge is 2.34. The first kappa shape index (κ1) is 16.3. The number of aromatic nitrogens is 1. The van der Waals surface area contributed by atoms with Gasteiger partial charge in [-0.25, -0.2) is 0 Å². The Morgan fingerprint density at radius 3 is 2.80 bits per heavy atom. The fourth-order valence-corrected chi connectivity index (χ4v) is 4.54. The van der Waals surface area contributed by atoms with Crippen LogP contribution in [0.1, 0.15) is 48.0 Å². The average molecular weight is 350 g/mol. The molecule has 1 aliphatic rings. The third-order valence-corrected chi connectivity index (χ3v) is 5.90. The van der Waals surface area contributed by atoms with Crippen LogP contribution in [0.25, 0.3) is 10.9 Å². The Hall–Kier alpha value is -2.20. The van der Waals surface area contributed by atoms with Crippen LogP contribution in [0.5, 0.6) is 0 Å². The molecule has 1 aliphatic carbocycles. The van der Waals surface area contributed by atoms with E-state index in [9.17, 15) is 4.79 Å². The Bertz CT molecular complexity index is 866. The van der Waals surface area contributed by atoms with Crippen molar-refractivity contribution in [3.8, 4) is 0 Å². The number of fused-ring (bicyclic) bond motifs is 1. The number of nitrogens with one attached hydrogen (secondary N) is 1. The third-order valence-electron chi connectivity index (χ3n) is 5.16. The van der Waals surface area contributed by atoms with Crippen LogP contribution < -0.4 is 5.32 Å². The molecule has 0 aliphatic heterocycles. The topological polar surface area (TPSA) is 42.0 Å². The Labute approximate surface area is 152 Å². The molecule has 0 atom stereocenters. The van der Waals surface area contributed by atoms with E-state index in [2.05, 4.69) is 27.1 Å². The van der Waals surface area contributed by atoms with Crippen molar-refractivity contribution in [2.75, 3.05) is 0 Å². The number of amides is 1. The molecular formula is C21H22N2OS. The Kier molecular flexibility index (Phi) is 4.53. The minimum Gasteiger partial charge on any atom is -0.346 e. The quantitative estimate of drug-likeness (QED) is 0.722. The van der Waals surface area contributed by atoms with E-state index in [4.69, 9.17) is 0 Å². The fourth-order valence-electron chi connectivity index (χ4n) is 3.87. The number of para-hydroxylation sites is 1. The Morgan fingerprint density at radius 1 is 1.16 bits per heavy atom. The number of hydrogen-bond donors (Lipinski definition) is 1. The van der Waals surface area contributed by atoms with Gasteiger partial charge >= 0.3 is 0 Å². The van der Waals surface area contributed by atoms with E-state index in [-0.39, 0.29) is 11.4 Å². The summed E-state index contributed by atoms with van der Waals surface area (Å²) in [6, 6.07) is 12.0. The first-order valence-corrected chi connectivity index (χ1v) is 9.87. The van der Waals surface area contributed by atoms with Crippen molar-refractivity contribution >= 4 is 28.1 Å². The Morgan fingerprint density at radius 2 is 2.00 bits per heavy atom. The highest BCUT2D eigenvalue weighted by molar-refractivity contribution is 7.07. The van der Waals surface area contributed by atoms with E-state index in [0.29, 0.717) is 5.56 Å². The molecule has 1 amide bonds. The second-order valence-electron chi connectivity index (χ2n) is 7.02. The molecule has 0 unspecified atom stereocenters. The zero-order valence-electron chi connectivity index (χ0n) is 14.2. The van der Waals surface area contributed by atoms with Crippen molar-refractivity contribution in [3.05, 3.63) is 64.5 Å². The van der Waals surface area contributed by atoms with Gasteiger partial charge in [-0.15, -0.1) is 0 Å². The zero-order valence-corrected chi connectivity index (χ0v) is 15.0. The summed E-state index contributed by atoms with van der Waals surface area (Å²) in [4.78, 5) is 17.4. The number of carbonyl (C=O) groups excluding carboxylic acids is 1. The van der Waals surface area contributed by atoms with Crippen molar-refractivity contribution in [1.82, 2.24) is 10.3 Å². The minimum atomic E-state index is -0.123. The van der Waals surface area contributed by atoms with E-state index in [1.807, 2.05) is 30.3 Å². The molecule has 1 saturated carbocycles. The maximum absolute atomic E-state index is 12.9. The van der Waals surface area contributed by atoms with Gasteiger partial charge in [0.2, 0.25) is 0 Å². The molecule has 0 spiro atoms. The van der Waals surface area contributed by atoms with Crippen LogP contribution in [-0.2, 0) is 6.42 Å². The van der Waals surface area contributed by atoms with Crippen LogP contribution in [0.15, 0.2) is 53.4 Å². The maximum Gasteiger partial charge on any atom is 0.253 e. The molecule has 1 N–H and O–H groups in total. The molecule has 128 valence electrons. The van der Waals surface area contributed by atoms with Crippen molar-refractivity contribution in [2.45, 2.75) is 44.1 Å². The number of rotatable bonds is 4. The number of benzene rings is 1. The highest BCUT2D eigenvalue weighted by Crippen LogP contribution is 2.32. The summed E-state index contributed by atoms with van der Waals surface area (Å²) in [5.74, 6) is -0.00428. The SMILES string of the molecule is O=C(NC1(Cc2ccsc2)CCCCC1)c1cnc2ccccc2c1. The van der Waals surface area contributed by atoms with E-state index in [1.165, 1.54) is 24.8 Å². The lowest BCUT2D eigenvalue weighted by Gasteiger charge is -2.38. The van der Waals surface area contributed by atoms with Gasteiger partial charge in [0.05, 0.1) is 11.1 Å². The van der Waals surface area contributed by atoms with E-state index in [0.717, 1.165) is 30.2 Å². The lowest BCUT2D eigenvalue weighted by molar-refractivity contribution is 0.0868. The van der Waals surface area contributed by atoms with Gasteiger partial charge in [0.1, 0.15) is 0 Å². The van der Waals surface area contributed by atoms with Crippen LogP contribution in [0.4, 0.5) is 0 Å². The van der Waals surface area contributed by atoms with Gasteiger partial charge in [-0.05, 0) is 53.8 Å². The molecule has 4 rings (SSSR count). The van der Waals surface area contributed by atoms with Crippen molar-refractivity contribution < 1.29 is 4.79 Å². The number of nitrogens with zero attached hydrogens (tertiary/aromatic N) is 1. The average Bonchev–Trinajstić information content (AvgIpc) is 3.14. The minimum absolute atomic E-state index is 0.00428. The molecule has 1 fully saturated rings. The standard InChI is InChI=1S/C21H22N2OS/c24-20(18-12-17-6-2-3-7-19(17)22-14-18)23-21(9-4-1-5-10-21)13-16-8-11-25-15-16/h2-3,6-8,11-12,14-15H,1,4-5,9-10,13H2,(H,23,24). The second kappa shape index (κ2) is 6.96. The van der Waals surface area contributed by atoms with Crippen LogP contribution in [-0.4, -0.2) is 16.4 Å². The van der Waals surface area contributed by atoms with E-state index >= 15 is 0 Å². The monoisotopic (exact) mass is 350 g/mol. The molecule has 0 radical (unpaired) electrons. The van der Waals surface area contributed by atoms with Crippen molar-refractivity contribution in [2.24, 2.45) is 0 Å². The Balaban J connectivity index is 1.58. The second-order valence-corrected chi connectivity index (χ2v) is 7.80. The van der Waals surface area contributed by atoms with Gasteiger partial charge in [-0.2, -0.15) is 11.3 Å². The summed E-state index contributed by atoms with van der Waals surface area (Å²) in [6.45, 7) is 0. The number of pyridine rings is 1.